The summed E-state index contributed by atoms with van der Waals surface area (Å²) in [5.74, 6) is 0.255. The highest BCUT2D eigenvalue weighted by Gasteiger charge is 2.15. The van der Waals surface area contributed by atoms with Gasteiger partial charge in [-0.05, 0) is 62.2 Å². The van der Waals surface area contributed by atoms with E-state index in [1.165, 1.54) is 18.4 Å². The van der Waals surface area contributed by atoms with Gasteiger partial charge in [0.05, 0.1) is 18.2 Å². The summed E-state index contributed by atoms with van der Waals surface area (Å²) in [6.07, 6.45) is 0. The molecule has 2 heterocycles. The van der Waals surface area contributed by atoms with Crippen molar-refractivity contribution in [1.82, 2.24) is 4.98 Å². The molecule has 1 N–H and O–H groups in total. The fraction of sp³-hybridized carbons (Fsp3) is 0.174. The maximum atomic E-state index is 11.9. The van der Waals surface area contributed by atoms with E-state index >= 15 is 0 Å². The lowest BCUT2D eigenvalue weighted by molar-refractivity contribution is 0.0605. The molecule has 2 aromatic carbocycles. The monoisotopic (exact) mass is 453 g/mol. The second-order valence-electron chi connectivity index (χ2n) is 7.11. The smallest absolute Gasteiger partial charge is 0.350 e. The molecule has 8 heteroatoms. The van der Waals surface area contributed by atoms with E-state index in [9.17, 15) is 4.79 Å². The van der Waals surface area contributed by atoms with Crippen LogP contribution in [0.2, 0.25) is 5.02 Å². The number of carbonyl (C=O) groups excluding carboxylic acids is 1. The molecule has 4 aromatic rings. The first-order valence-corrected chi connectivity index (χ1v) is 10.7. The third-order valence-corrected chi connectivity index (χ3v) is 6.04. The van der Waals surface area contributed by atoms with Gasteiger partial charge in [0.2, 0.25) is 5.13 Å². The number of anilines is 1. The van der Waals surface area contributed by atoms with Crippen molar-refractivity contribution in [2.75, 3.05) is 12.5 Å². The molecule has 0 aliphatic carbocycles. The topological polar surface area (TPSA) is 76.7 Å². The predicted octanol–water partition coefficient (Wildman–Crippen LogP) is 5.85. The number of nitrogens with one attached hydrogen (secondary N) is 1. The molecule has 0 bridgehead atoms. The van der Waals surface area contributed by atoms with E-state index in [-0.39, 0.29) is 0 Å². The Morgan fingerprint density at radius 3 is 2.61 bits per heavy atom. The van der Waals surface area contributed by atoms with Crippen molar-refractivity contribution in [3.8, 4) is 11.3 Å². The van der Waals surface area contributed by atoms with Gasteiger partial charge in [-0.25, -0.2) is 9.78 Å². The van der Waals surface area contributed by atoms with Gasteiger partial charge in [0.15, 0.2) is 0 Å². The molecule has 158 valence electrons. The number of aromatic nitrogens is 1. The zero-order valence-corrected chi connectivity index (χ0v) is 19.0. The second-order valence-corrected chi connectivity index (χ2v) is 8.55. The maximum Gasteiger partial charge on any atom is 0.350 e. The van der Waals surface area contributed by atoms with Gasteiger partial charge < -0.3 is 9.15 Å². The quantitative estimate of drug-likeness (QED) is 0.310. The van der Waals surface area contributed by atoms with Gasteiger partial charge in [-0.1, -0.05) is 29.0 Å². The average Bonchev–Trinajstić information content (AvgIpc) is 3.12. The molecule has 0 amide bonds. The van der Waals surface area contributed by atoms with Gasteiger partial charge in [0, 0.05) is 22.0 Å². The van der Waals surface area contributed by atoms with Crippen LogP contribution in [0.3, 0.4) is 0 Å². The minimum absolute atomic E-state index is 0.414. The van der Waals surface area contributed by atoms with Crippen LogP contribution in [-0.2, 0) is 4.74 Å². The fourth-order valence-electron chi connectivity index (χ4n) is 3.30. The van der Waals surface area contributed by atoms with Crippen molar-refractivity contribution < 1.29 is 13.9 Å². The molecule has 0 saturated carbocycles. The highest BCUT2D eigenvalue weighted by Crippen LogP contribution is 2.27. The Bertz CT molecular complexity index is 1360. The summed E-state index contributed by atoms with van der Waals surface area (Å²) in [4.78, 5) is 16.7. The van der Waals surface area contributed by atoms with E-state index in [2.05, 4.69) is 21.6 Å². The predicted molar refractivity (Wildman–Crippen MR) is 124 cm³/mol. The number of nitrogens with zero attached hydrogens (tertiary/aromatic N) is 2. The zero-order valence-electron chi connectivity index (χ0n) is 17.4. The molecule has 0 unspecified atom stereocenters. The Balaban J connectivity index is 1.85. The van der Waals surface area contributed by atoms with E-state index < -0.39 is 5.97 Å². The molecule has 4 rings (SSSR count). The molecule has 0 atom stereocenters. The highest BCUT2D eigenvalue weighted by molar-refractivity contribution is 7.17. The molecule has 0 radical (unpaired) electrons. The lowest BCUT2D eigenvalue weighted by Crippen LogP contribution is -2.08. The van der Waals surface area contributed by atoms with Crippen molar-refractivity contribution >= 4 is 45.0 Å². The van der Waals surface area contributed by atoms with E-state index in [1.807, 2.05) is 50.2 Å². The third kappa shape index (κ3) is 4.33. The zero-order chi connectivity index (χ0) is 22.1. The Morgan fingerprint density at radius 2 is 1.90 bits per heavy atom. The van der Waals surface area contributed by atoms with E-state index in [0.717, 1.165) is 27.7 Å². The summed E-state index contributed by atoms with van der Waals surface area (Å²) >= 11 is 7.23. The maximum absolute atomic E-state index is 11.9. The van der Waals surface area contributed by atoms with Crippen LogP contribution in [0.5, 0.6) is 0 Å². The Hall–Kier alpha value is -3.16. The largest absolute Gasteiger partial charge is 0.465 e. The first kappa shape index (κ1) is 21.1. The van der Waals surface area contributed by atoms with Gasteiger partial charge in [0.1, 0.15) is 16.2 Å². The molecule has 6 nitrogen and oxygen atoms in total. The number of methoxy groups -OCH3 is 1. The van der Waals surface area contributed by atoms with Crippen LogP contribution in [0, 0.1) is 20.8 Å². The molecule has 0 aliphatic rings. The molecular formula is C23H20ClN3O3S. The summed E-state index contributed by atoms with van der Waals surface area (Å²) < 4.78 is 11.0. The van der Waals surface area contributed by atoms with Crippen LogP contribution < -0.4 is 10.8 Å². The lowest BCUT2D eigenvalue weighted by Gasteiger charge is -2.08. The van der Waals surface area contributed by atoms with E-state index in [0.29, 0.717) is 31.8 Å². The van der Waals surface area contributed by atoms with Gasteiger partial charge in [-0.3, -0.25) is 5.43 Å². The number of ether oxygens (including phenoxy) is 1. The number of rotatable bonds is 4. The average molecular weight is 454 g/mol. The van der Waals surface area contributed by atoms with Crippen LogP contribution >= 0.6 is 22.9 Å². The lowest BCUT2D eigenvalue weighted by atomic mass is 10.1. The fourth-order valence-corrected chi connectivity index (χ4v) is 4.26. The Labute approximate surface area is 188 Å². The summed E-state index contributed by atoms with van der Waals surface area (Å²) in [6.45, 7) is 5.80. The van der Waals surface area contributed by atoms with Crippen LogP contribution in [0.1, 0.15) is 26.5 Å². The number of thiazole rings is 1. The molecule has 0 aliphatic heterocycles. The molecule has 0 spiro atoms. The van der Waals surface area contributed by atoms with E-state index in [4.69, 9.17) is 20.8 Å². The summed E-state index contributed by atoms with van der Waals surface area (Å²) in [5, 5.41) is 7.33. The van der Waals surface area contributed by atoms with Crippen molar-refractivity contribution in [2.24, 2.45) is 5.10 Å². The molecule has 31 heavy (non-hydrogen) atoms. The number of hydrogen-bond acceptors (Lipinski definition) is 7. The number of fused-ring (bicyclic) bond motifs is 1. The Morgan fingerprint density at radius 1 is 1.16 bits per heavy atom. The number of halogens is 1. The second kappa shape index (κ2) is 8.53. The SMILES string of the molecule is COC(=O)c1sc(N/N=c2\cc(-c3ccc(Cl)cc3)oc3c(C)cc(C)cc23)nc1C. The first-order valence-electron chi connectivity index (χ1n) is 9.52. The van der Waals surface area contributed by atoms with Crippen LogP contribution in [0.4, 0.5) is 5.13 Å². The summed E-state index contributed by atoms with van der Waals surface area (Å²) in [7, 11) is 1.35. The van der Waals surface area contributed by atoms with Crippen LogP contribution in [0.15, 0.2) is 52.0 Å². The van der Waals surface area contributed by atoms with Crippen molar-refractivity contribution in [2.45, 2.75) is 20.8 Å². The molecule has 2 aromatic heterocycles. The highest BCUT2D eigenvalue weighted by atomic mass is 35.5. The normalized spacial score (nSPS) is 11.7. The molecular weight excluding hydrogens is 434 g/mol. The van der Waals surface area contributed by atoms with Crippen molar-refractivity contribution in [1.29, 1.82) is 0 Å². The Kier molecular flexibility index (Phi) is 5.80. The molecule has 0 fully saturated rings. The summed E-state index contributed by atoms with van der Waals surface area (Å²) in [5.41, 5.74) is 7.34. The van der Waals surface area contributed by atoms with Gasteiger partial charge in [-0.15, -0.1) is 0 Å². The minimum Gasteiger partial charge on any atom is -0.465 e. The number of aryl methyl sites for hydroxylation is 3. The summed E-state index contributed by atoms with van der Waals surface area (Å²) in [6, 6.07) is 13.4. The number of carbonyl (C=O) groups is 1. The van der Waals surface area contributed by atoms with Crippen LogP contribution in [-0.4, -0.2) is 18.1 Å². The van der Waals surface area contributed by atoms with Crippen molar-refractivity contribution in [3.05, 3.63) is 74.5 Å². The third-order valence-electron chi connectivity index (χ3n) is 4.74. The minimum atomic E-state index is -0.414. The van der Waals surface area contributed by atoms with Crippen LogP contribution in [0.25, 0.3) is 22.3 Å². The van der Waals surface area contributed by atoms with E-state index in [1.54, 1.807) is 6.92 Å². The first-order chi connectivity index (χ1) is 14.9. The number of hydrogen-bond donors (Lipinski definition) is 1. The van der Waals surface area contributed by atoms with Gasteiger partial charge in [0.25, 0.3) is 0 Å². The van der Waals surface area contributed by atoms with Gasteiger partial charge >= 0.3 is 5.97 Å². The number of benzene rings is 2. The van der Waals surface area contributed by atoms with Gasteiger partial charge in [-0.2, -0.15) is 5.10 Å². The molecule has 0 saturated heterocycles. The van der Waals surface area contributed by atoms with Crippen molar-refractivity contribution in [3.63, 3.8) is 0 Å². The number of esters is 1. The standard InChI is InChI=1S/C23H20ClN3O3S/c1-12-9-13(2)20-17(10-12)18(11-19(30-20)15-5-7-16(24)8-6-15)26-27-23-25-14(3)21(31-23)22(28)29-4/h5-11H,1-4H3,(H,25,27)/b26-18+.